The van der Waals surface area contributed by atoms with Gasteiger partial charge in [-0.25, -0.2) is 8.42 Å². The zero-order valence-electron chi connectivity index (χ0n) is 14.4. The third kappa shape index (κ3) is 5.22. The highest BCUT2D eigenvalue weighted by atomic mass is 32.2. The first-order valence-electron chi connectivity index (χ1n) is 7.60. The summed E-state index contributed by atoms with van der Waals surface area (Å²) < 4.78 is 33.5. The standard InChI is InChI=1S/C18H21NO5S/c1-19(12-14-6-4-5-7-17(14)23-2)18(20)13-24-15-8-10-16(11-9-15)25(3,21)22/h4-11H,12-13H2,1-3H3. The lowest BCUT2D eigenvalue weighted by atomic mass is 10.2. The summed E-state index contributed by atoms with van der Waals surface area (Å²) in [6.07, 6.45) is 1.14. The Labute approximate surface area is 147 Å². The molecule has 2 aromatic carbocycles. The fraction of sp³-hybridized carbons (Fsp3) is 0.278. The topological polar surface area (TPSA) is 72.9 Å². The maximum atomic E-state index is 12.2. The Morgan fingerprint density at radius 1 is 1.08 bits per heavy atom. The molecule has 0 saturated heterocycles. The molecule has 25 heavy (non-hydrogen) atoms. The van der Waals surface area contributed by atoms with Crippen molar-refractivity contribution < 1.29 is 22.7 Å². The van der Waals surface area contributed by atoms with Crippen molar-refractivity contribution in [2.24, 2.45) is 0 Å². The van der Waals surface area contributed by atoms with Crippen molar-refractivity contribution in [3.05, 3.63) is 54.1 Å². The largest absolute Gasteiger partial charge is 0.496 e. The maximum absolute atomic E-state index is 12.2. The van der Waals surface area contributed by atoms with Gasteiger partial charge >= 0.3 is 0 Å². The lowest BCUT2D eigenvalue weighted by molar-refractivity contribution is -0.132. The van der Waals surface area contributed by atoms with E-state index in [2.05, 4.69) is 0 Å². The monoisotopic (exact) mass is 363 g/mol. The van der Waals surface area contributed by atoms with Gasteiger partial charge in [0.05, 0.1) is 12.0 Å². The Morgan fingerprint density at radius 2 is 1.72 bits per heavy atom. The van der Waals surface area contributed by atoms with Crippen LogP contribution in [0, 0.1) is 0 Å². The van der Waals surface area contributed by atoms with E-state index < -0.39 is 9.84 Å². The number of ether oxygens (including phenoxy) is 2. The highest BCUT2D eigenvalue weighted by Gasteiger charge is 2.13. The van der Waals surface area contributed by atoms with Crippen LogP contribution in [0.2, 0.25) is 0 Å². The van der Waals surface area contributed by atoms with Crippen LogP contribution in [0.25, 0.3) is 0 Å². The Morgan fingerprint density at radius 3 is 2.32 bits per heavy atom. The quantitative estimate of drug-likeness (QED) is 0.754. The van der Waals surface area contributed by atoms with Crippen molar-refractivity contribution in [3.8, 4) is 11.5 Å². The van der Waals surface area contributed by atoms with Gasteiger partial charge in [-0.15, -0.1) is 0 Å². The second-order valence-electron chi connectivity index (χ2n) is 5.59. The Kier molecular flexibility index (Phi) is 6.03. The SMILES string of the molecule is COc1ccccc1CN(C)C(=O)COc1ccc(S(C)(=O)=O)cc1. The maximum Gasteiger partial charge on any atom is 0.260 e. The van der Waals surface area contributed by atoms with Crippen LogP contribution in [0.5, 0.6) is 11.5 Å². The summed E-state index contributed by atoms with van der Waals surface area (Å²) in [5, 5.41) is 0. The summed E-state index contributed by atoms with van der Waals surface area (Å²) in [4.78, 5) is 14.0. The molecule has 0 fully saturated rings. The molecule has 0 saturated carbocycles. The van der Waals surface area contributed by atoms with Crippen LogP contribution in [0.3, 0.4) is 0 Å². The van der Waals surface area contributed by atoms with Gasteiger partial charge in [0.15, 0.2) is 16.4 Å². The summed E-state index contributed by atoms with van der Waals surface area (Å²) in [7, 11) is 0.0245. The first kappa shape index (κ1) is 18.8. The van der Waals surface area contributed by atoms with E-state index >= 15 is 0 Å². The molecule has 0 radical (unpaired) electrons. The number of likely N-dealkylation sites (N-methyl/N-ethyl adjacent to an activating group) is 1. The Bertz CT molecular complexity index is 831. The van der Waals surface area contributed by atoms with Gasteiger partial charge in [0.1, 0.15) is 11.5 Å². The van der Waals surface area contributed by atoms with Crippen molar-refractivity contribution in [2.45, 2.75) is 11.4 Å². The molecule has 0 N–H and O–H groups in total. The minimum atomic E-state index is -3.25. The van der Waals surface area contributed by atoms with Gasteiger partial charge in [-0.3, -0.25) is 4.79 Å². The third-order valence-corrected chi connectivity index (χ3v) is 4.77. The minimum absolute atomic E-state index is 0.135. The van der Waals surface area contributed by atoms with E-state index in [-0.39, 0.29) is 17.4 Å². The molecule has 0 aliphatic carbocycles. The lowest BCUT2D eigenvalue weighted by Gasteiger charge is -2.19. The molecule has 0 aliphatic heterocycles. The summed E-state index contributed by atoms with van der Waals surface area (Å²) in [6, 6.07) is 13.5. The molecule has 0 heterocycles. The second-order valence-corrected chi connectivity index (χ2v) is 7.61. The predicted octanol–water partition coefficient (Wildman–Crippen LogP) is 2.14. The zero-order valence-corrected chi connectivity index (χ0v) is 15.2. The number of carbonyl (C=O) groups excluding carboxylic acids is 1. The summed E-state index contributed by atoms with van der Waals surface area (Å²) in [6.45, 7) is 0.267. The predicted molar refractivity (Wildman–Crippen MR) is 94.5 cm³/mol. The highest BCUT2D eigenvalue weighted by Crippen LogP contribution is 2.19. The number of para-hydroxylation sites is 1. The average molecular weight is 363 g/mol. The van der Waals surface area contributed by atoms with Crippen LogP contribution >= 0.6 is 0 Å². The number of hydrogen-bond donors (Lipinski definition) is 0. The molecule has 0 bridgehead atoms. The zero-order chi connectivity index (χ0) is 18.4. The number of rotatable bonds is 7. The van der Waals surface area contributed by atoms with Crippen LogP contribution in [-0.4, -0.2) is 46.2 Å². The molecular formula is C18H21NO5S. The number of hydrogen-bond acceptors (Lipinski definition) is 5. The van der Waals surface area contributed by atoms with E-state index in [4.69, 9.17) is 9.47 Å². The van der Waals surface area contributed by atoms with Gasteiger partial charge in [0, 0.05) is 25.4 Å². The van der Waals surface area contributed by atoms with Crippen molar-refractivity contribution in [3.63, 3.8) is 0 Å². The molecule has 0 aromatic heterocycles. The first-order chi connectivity index (χ1) is 11.8. The number of nitrogens with zero attached hydrogens (tertiary/aromatic N) is 1. The molecule has 2 rings (SSSR count). The average Bonchev–Trinajstić information content (AvgIpc) is 2.59. The third-order valence-electron chi connectivity index (χ3n) is 3.64. The van der Waals surface area contributed by atoms with E-state index in [0.29, 0.717) is 12.3 Å². The Hall–Kier alpha value is -2.54. The van der Waals surface area contributed by atoms with E-state index in [1.54, 1.807) is 19.1 Å². The van der Waals surface area contributed by atoms with Gasteiger partial charge in [0.2, 0.25) is 0 Å². The van der Waals surface area contributed by atoms with E-state index in [1.165, 1.54) is 24.3 Å². The number of sulfone groups is 1. The van der Waals surface area contributed by atoms with Crippen molar-refractivity contribution >= 4 is 15.7 Å². The summed E-state index contributed by atoms with van der Waals surface area (Å²) in [5.41, 5.74) is 0.901. The molecule has 0 atom stereocenters. The molecule has 1 amide bonds. The molecule has 0 aliphatic rings. The van der Waals surface area contributed by atoms with Crippen molar-refractivity contribution in [1.29, 1.82) is 0 Å². The van der Waals surface area contributed by atoms with Gasteiger partial charge in [-0.05, 0) is 30.3 Å². The van der Waals surface area contributed by atoms with Gasteiger partial charge in [-0.1, -0.05) is 18.2 Å². The number of carbonyl (C=O) groups is 1. The fourth-order valence-electron chi connectivity index (χ4n) is 2.22. The number of benzene rings is 2. The molecular weight excluding hydrogens is 342 g/mol. The van der Waals surface area contributed by atoms with Crippen LogP contribution in [-0.2, 0) is 21.2 Å². The summed E-state index contributed by atoms with van der Waals surface area (Å²) >= 11 is 0. The smallest absolute Gasteiger partial charge is 0.260 e. The van der Waals surface area contributed by atoms with Crippen LogP contribution in [0.1, 0.15) is 5.56 Å². The van der Waals surface area contributed by atoms with E-state index in [9.17, 15) is 13.2 Å². The van der Waals surface area contributed by atoms with Crippen molar-refractivity contribution in [1.82, 2.24) is 4.90 Å². The molecule has 134 valence electrons. The van der Waals surface area contributed by atoms with Crippen LogP contribution < -0.4 is 9.47 Å². The molecule has 0 spiro atoms. The second kappa shape index (κ2) is 8.02. The van der Waals surface area contributed by atoms with Crippen molar-refractivity contribution in [2.75, 3.05) is 27.0 Å². The molecule has 7 heteroatoms. The summed E-state index contributed by atoms with van der Waals surface area (Å²) in [5.74, 6) is 0.962. The normalized spacial score (nSPS) is 11.0. The van der Waals surface area contributed by atoms with Gasteiger partial charge in [-0.2, -0.15) is 0 Å². The number of methoxy groups -OCH3 is 1. The van der Waals surface area contributed by atoms with E-state index in [0.717, 1.165) is 17.6 Å². The fourth-order valence-corrected chi connectivity index (χ4v) is 2.85. The van der Waals surface area contributed by atoms with Gasteiger partial charge < -0.3 is 14.4 Å². The van der Waals surface area contributed by atoms with Crippen LogP contribution in [0.4, 0.5) is 0 Å². The molecule has 2 aromatic rings. The first-order valence-corrected chi connectivity index (χ1v) is 9.49. The van der Waals surface area contributed by atoms with Crippen LogP contribution in [0.15, 0.2) is 53.4 Å². The lowest BCUT2D eigenvalue weighted by Crippen LogP contribution is -2.31. The molecule has 6 nitrogen and oxygen atoms in total. The van der Waals surface area contributed by atoms with E-state index in [1.807, 2.05) is 24.3 Å². The highest BCUT2D eigenvalue weighted by molar-refractivity contribution is 7.90. The Balaban J connectivity index is 1.93. The van der Waals surface area contributed by atoms with Gasteiger partial charge in [0.25, 0.3) is 5.91 Å². The minimum Gasteiger partial charge on any atom is -0.496 e. The number of amides is 1. The molecule has 0 unspecified atom stereocenters.